The van der Waals surface area contributed by atoms with Gasteiger partial charge in [-0.2, -0.15) is 0 Å². The van der Waals surface area contributed by atoms with Crippen LogP contribution < -0.4 is 5.32 Å². The van der Waals surface area contributed by atoms with Crippen molar-refractivity contribution >= 4 is 0 Å². The van der Waals surface area contributed by atoms with Gasteiger partial charge in [0.2, 0.25) is 0 Å². The van der Waals surface area contributed by atoms with Gasteiger partial charge in [0.05, 0.1) is 0 Å². The molecule has 3 heteroatoms. The first-order valence-electron chi connectivity index (χ1n) is 7.54. The molecule has 1 aromatic carbocycles. The lowest BCUT2D eigenvalue weighted by molar-refractivity contribution is 0.163. The molecule has 19 heavy (non-hydrogen) atoms. The zero-order valence-corrected chi connectivity index (χ0v) is 11.7. The molecule has 2 saturated heterocycles. The van der Waals surface area contributed by atoms with Gasteiger partial charge in [0.25, 0.3) is 0 Å². The van der Waals surface area contributed by atoms with Crippen molar-refractivity contribution in [2.45, 2.75) is 50.7 Å². The van der Waals surface area contributed by atoms with E-state index in [4.69, 9.17) is 0 Å². The fraction of sp³-hybridized carbons (Fsp3) is 0.625. The molecule has 3 atom stereocenters. The number of aromatic hydroxyl groups is 1. The van der Waals surface area contributed by atoms with Crippen LogP contribution in [0.25, 0.3) is 0 Å². The summed E-state index contributed by atoms with van der Waals surface area (Å²) in [6.07, 6.45) is 5.28. The van der Waals surface area contributed by atoms with Crippen LogP contribution in [0, 0.1) is 0 Å². The van der Waals surface area contributed by atoms with E-state index in [1.807, 2.05) is 0 Å². The molecule has 0 amide bonds. The minimum Gasteiger partial charge on any atom is -0.508 e. The molecule has 3 unspecified atom stereocenters. The van der Waals surface area contributed by atoms with E-state index in [0.29, 0.717) is 23.9 Å². The van der Waals surface area contributed by atoms with Gasteiger partial charge < -0.3 is 10.4 Å². The first kappa shape index (κ1) is 12.9. The smallest absolute Gasteiger partial charge is 0.115 e. The molecule has 2 heterocycles. The van der Waals surface area contributed by atoms with E-state index >= 15 is 0 Å². The lowest BCUT2D eigenvalue weighted by atomic mass is 10.0. The Morgan fingerprint density at radius 1 is 1.21 bits per heavy atom. The van der Waals surface area contributed by atoms with Crippen LogP contribution in [0.2, 0.25) is 0 Å². The highest BCUT2D eigenvalue weighted by molar-refractivity contribution is 5.28. The monoisotopic (exact) mass is 260 g/mol. The summed E-state index contributed by atoms with van der Waals surface area (Å²) < 4.78 is 0. The summed E-state index contributed by atoms with van der Waals surface area (Å²) in [7, 11) is 0. The van der Waals surface area contributed by atoms with Crippen LogP contribution in [0.4, 0.5) is 0 Å². The van der Waals surface area contributed by atoms with Gasteiger partial charge in [0.15, 0.2) is 0 Å². The summed E-state index contributed by atoms with van der Waals surface area (Å²) in [5.74, 6) is 0.353. The Labute approximate surface area is 115 Å². The number of hydrogen-bond donors (Lipinski definition) is 2. The van der Waals surface area contributed by atoms with Crippen molar-refractivity contribution in [2.75, 3.05) is 13.1 Å². The minimum atomic E-state index is 0.353. The van der Waals surface area contributed by atoms with Gasteiger partial charge in [-0.05, 0) is 63.4 Å². The number of rotatable bonds is 3. The molecular weight excluding hydrogens is 236 g/mol. The SMILES string of the molecule is CC(c1ccc(O)cc1)N1CCCC1C1CCCN1. The first-order chi connectivity index (χ1) is 9.25. The molecular formula is C16H24N2O. The number of likely N-dealkylation sites (tertiary alicyclic amines) is 1. The highest BCUT2D eigenvalue weighted by Crippen LogP contribution is 2.33. The highest BCUT2D eigenvalue weighted by atomic mass is 16.3. The summed E-state index contributed by atoms with van der Waals surface area (Å²) in [4.78, 5) is 2.65. The van der Waals surface area contributed by atoms with Gasteiger partial charge in [0, 0.05) is 18.1 Å². The lowest BCUT2D eigenvalue weighted by Gasteiger charge is -2.34. The van der Waals surface area contributed by atoms with Crippen molar-refractivity contribution in [3.63, 3.8) is 0 Å². The molecule has 1 aromatic rings. The maximum absolute atomic E-state index is 9.40. The Morgan fingerprint density at radius 2 is 2.00 bits per heavy atom. The van der Waals surface area contributed by atoms with Crippen molar-refractivity contribution in [3.8, 4) is 5.75 Å². The molecule has 0 aliphatic carbocycles. The predicted molar refractivity (Wildman–Crippen MR) is 77.3 cm³/mol. The van der Waals surface area contributed by atoms with Crippen LogP contribution in [0.1, 0.15) is 44.2 Å². The van der Waals surface area contributed by atoms with Crippen LogP contribution >= 0.6 is 0 Å². The number of hydrogen-bond acceptors (Lipinski definition) is 3. The maximum Gasteiger partial charge on any atom is 0.115 e. The van der Waals surface area contributed by atoms with Crippen molar-refractivity contribution < 1.29 is 5.11 Å². The van der Waals surface area contributed by atoms with Crippen LogP contribution in [-0.2, 0) is 0 Å². The minimum absolute atomic E-state index is 0.353. The third-order valence-corrected chi connectivity index (χ3v) is 4.78. The fourth-order valence-corrected chi connectivity index (χ4v) is 3.71. The standard InChI is InChI=1S/C16H24N2O/c1-12(13-6-8-14(19)9-7-13)18-11-3-5-16(18)15-4-2-10-17-15/h6-9,12,15-17,19H,2-5,10-11H2,1H3. The number of phenolic OH excluding ortho intramolecular Hbond substituents is 1. The van der Waals surface area contributed by atoms with Crippen LogP contribution in [0.15, 0.2) is 24.3 Å². The summed E-state index contributed by atoms with van der Waals surface area (Å²) >= 11 is 0. The lowest BCUT2D eigenvalue weighted by Crippen LogP contribution is -2.44. The second-order valence-corrected chi connectivity index (χ2v) is 5.92. The van der Waals surface area contributed by atoms with Gasteiger partial charge in [-0.3, -0.25) is 4.90 Å². The van der Waals surface area contributed by atoms with E-state index in [1.54, 1.807) is 12.1 Å². The summed E-state index contributed by atoms with van der Waals surface area (Å²) in [5, 5.41) is 13.1. The number of phenols is 1. The molecule has 104 valence electrons. The topological polar surface area (TPSA) is 35.5 Å². The molecule has 0 aromatic heterocycles. The Hall–Kier alpha value is -1.06. The normalized spacial score (nSPS) is 29.7. The number of nitrogens with zero attached hydrogens (tertiary/aromatic N) is 1. The molecule has 2 aliphatic heterocycles. The van der Waals surface area contributed by atoms with E-state index in [1.165, 1.54) is 44.3 Å². The molecule has 3 nitrogen and oxygen atoms in total. The molecule has 0 bridgehead atoms. The molecule has 0 spiro atoms. The third kappa shape index (κ3) is 2.63. The highest BCUT2D eigenvalue weighted by Gasteiger charge is 2.35. The summed E-state index contributed by atoms with van der Waals surface area (Å²) in [6, 6.07) is 9.51. The second kappa shape index (κ2) is 5.51. The summed E-state index contributed by atoms with van der Waals surface area (Å²) in [5.41, 5.74) is 1.31. The van der Waals surface area contributed by atoms with Gasteiger partial charge in [-0.25, -0.2) is 0 Å². The Morgan fingerprint density at radius 3 is 2.68 bits per heavy atom. The first-order valence-corrected chi connectivity index (χ1v) is 7.54. The van der Waals surface area contributed by atoms with Gasteiger partial charge >= 0.3 is 0 Å². The van der Waals surface area contributed by atoms with Crippen molar-refractivity contribution in [1.82, 2.24) is 10.2 Å². The van der Waals surface area contributed by atoms with Gasteiger partial charge in [-0.1, -0.05) is 12.1 Å². The number of nitrogens with one attached hydrogen (secondary N) is 1. The zero-order valence-electron chi connectivity index (χ0n) is 11.7. The fourth-order valence-electron chi connectivity index (χ4n) is 3.71. The van der Waals surface area contributed by atoms with Crippen LogP contribution in [0.3, 0.4) is 0 Å². The summed E-state index contributed by atoms with van der Waals surface area (Å²) in [6.45, 7) is 4.67. The largest absolute Gasteiger partial charge is 0.508 e. The average Bonchev–Trinajstić information content (AvgIpc) is 3.09. The Kier molecular flexibility index (Phi) is 3.76. The van der Waals surface area contributed by atoms with Crippen LogP contribution in [-0.4, -0.2) is 35.2 Å². The molecule has 3 rings (SSSR count). The van der Waals surface area contributed by atoms with Crippen LogP contribution in [0.5, 0.6) is 5.75 Å². The quantitative estimate of drug-likeness (QED) is 0.877. The van der Waals surface area contributed by atoms with E-state index < -0.39 is 0 Å². The zero-order chi connectivity index (χ0) is 13.2. The van der Waals surface area contributed by atoms with Gasteiger partial charge in [-0.15, -0.1) is 0 Å². The Bertz CT molecular complexity index is 411. The molecule has 2 aliphatic rings. The van der Waals surface area contributed by atoms with E-state index in [2.05, 4.69) is 29.3 Å². The van der Waals surface area contributed by atoms with Crippen molar-refractivity contribution in [3.05, 3.63) is 29.8 Å². The predicted octanol–water partition coefficient (Wildman–Crippen LogP) is 2.67. The van der Waals surface area contributed by atoms with Crippen molar-refractivity contribution in [1.29, 1.82) is 0 Å². The number of benzene rings is 1. The molecule has 2 N–H and O–H groups in total. The third-order valence-electron chi connectivity index (χ3n) is 4.78. The second-order valence-electron chi connectivity index (χ2n) is 5.92. The van der Waals surface area contributed by atoms with E-state index in [9.17, 15) is 5.11 Å². The molecule has 0 radical (unpaired) electrons. The van der Waals surface area contributed by atoms with E-state index in [0.717, 1.165) is 0 Å². The maximum atomic E-state index is 9.40. The molecule has 2 fully saturated rings. The molecule has 0 saturated carbocycles. The van der Waals surface area contributed by atoms with E-state index in [-0.39, 0.29) is 0 Å². The Balaban J connectivity index is 1.74. The average molecular weight is 260 g/mol. The van der Waals surface area contributed by atoms with Crippen molar-refractivity contribution in [2.24, 2.45) is 0 Å². The van der Waals surface area contributed by atoms with Gasteiger partial charge in [0.1, 0.15) is 5.75 Å².